The van der Waals surface area contributed by atoms with E-state index in [9.17, 15) is 5.11 Å². The molecule has 142 valence electrons. The quantitative estimate of drug-likeness (QED) is 0.565. The van der Waals surface area contributed by atoms with Gasteiger partial charge in [-0.15, -0.1) is 0 Å². The monoisotopic (exact) mass is 367 g/mol. The topological polar surface area (TPSA) is 108 Å². The molecule has 2 aromatic rings. The van der Waals surface area contributed by atoms with E-state index in [0.717, 1.165) is 56.9 Å². The molecule has 0 unspecified atom stereocenters. The highest BCUT2D eigenvalue weighted by Crippen LogP contribution is 2.40. The molecule has 4 rings (SSSR count). The van der Waals surface area contributed by atoms with E-state index in [1.54, 1.807) is 18.3 Å². The molecule has 27 heavy (non-hydrogen) atoms. The minimum Gasteiger partial charge on any atom is -0.398 e. The number of piperidine rings is 1. The molecule has 2 fully saturated rings. The van der Waals surface area contributed by atoms with Gasteiger partial charge in [0.05, 0.1) is 25.1 Å². The van der Waals surface area contributed by atoms with Crippen molar-refractivity contribution >= 4 is 17.7 Å². The van der Waals surface area contributed by atoms with Gasteiger partial charge < -0.3 is 25.9 Å². The van der Waals surface area contributed by atoms with Gasteiger partial charge in [-0.05, 0) is 30.7 Å². The van der Waals surface area contributed by atoms with Gasteiger partial charge in [-0.3, -0.25) is 0 Å². The number of aliphatic hydroxyl groups excluding tert-OH is 1. The highest BCUT2D eigenvalue weighted by Gasteiger charge is 2.38. The predicted molar refractivity (Wildman–Crippen MR) is 105 cm³/mol. The lowest BCUT2D eigenvalue weighted by molar-refractivity contribution is 0.133. The second-order valence-corrected chi connectivity index (χ2v) is 7.46. The van der Waals surface area contributed by atoms with Gasteiger partial charge in [0.15, 0.2) is 5.82 Å². The second kappa shape index (κ2) is 7.25. The summed E-state index contributed by atoms with van der Waals surface area (Å²) < 4.78 is 5.60. The van der Waals surface area contributed by atoms with Gasteiger partial charge in [-0.1, -0.05) is 12.1 Å². The number of nitrogens with two attached hydrogens (primary N) is 1. The third-order valence-corrected chi connectivity index (χ3v) is 5.82. The van der Waals surface area contributed by atoms with Crippen LogP contribution in [-0.4, -0.2) is 47.6 Å². The van der Waals surface area contributed by atoms with E-state index in [2.05, 4.69) is 14.9 Å². The molecule has 0 atom stereocenters. The van der Waals surface area contributed by atoms with Crippen molar-refractivity contribution < 1.29 is 9.84 Å². The smallest absolute Gasteiger partial charge is 0.152 e. The number of aliphatic hydroxyl groups is 1. The van der Waals surface area contributed by atoms with Crippen LogP contribution in [0.25, 0.3) is 11.3 Å². The minimum atomic E-state index is -0.158. The standard InChI is InChI=1S/C20H25N5O2/c21-10-15-2-1-14(9-16(15)22)17-11-23-19(18(12-26)24-17)25-6-3-20(4-7-25)5-8-27-13-20/h1-2,9-11,21,26H,3-8,12-13,22H2. The van der Waals surface area contributed by atoms with E-state index in [4.69, 9.17) is 15.9 Å². The maximum atomic E-state index is 9.86. The van der Waals surface area contributed by atoms with Crippen LogP contribution in [0.3, 0.4) is 0 Å². The van der Waals surface area contributed by atoms with Crippen molar-refractivity contribution in [2.45, 2.75) is 25.9 Å². The van der Waals surface area contributed by atoms with Crippen molar-refractivity contribution in [2.24, 2.45) is 5.41 Å². The molecule has 3 heterocycles. The lowest BCUT2D eigenvalue weighted by atomic mass is 9.78. The Morgan fingerprint density at radius 2 is 2.11 bits per heavy atom. The molecule has 1 aromatic carbocycles. The Balaban J connectivity index is 1.57. The molecule has 7 heteroatoms. The van der Waals surface area contributed by atoms with Crippen LogP contribution >= 0.6 is 0 Å². The molecule has 1 aromatic heterocycles. The molecule has 4 N–H and O–H groups in total. The average Bonchev–Trinajstić information content (AvgIpc) is 3.16. The molecule has 7 nitrogen and oxygen atoms in total. The summed E-state index contributed by atoms with van der Waals surface area (Å²) in [7, 11) is 0. The van der Waals surface area contributed by atoms with Crippen LogP contribution < -0.4 is 10.6 Å². The molecular formula is C20H25N5O2. The maximum Gasteiger partial charge on any atom is 0.152 e. The zero-order valence-corrected chi connectivity index (χ0v) is 15.3. The largest absolute Gasteiger partial charge is 0.398 e. The number of aromatic nitrogens is 2. The molecule has 0 aliphatic carbocycles. The number of rotatable bonds is 4. The number of nitrogens with one attached hydrogen (secondary N) is 1. The number of benzene rings is 1. The van der Waals surface area contributed by atoms with Crippen molar-refractivity contribution in [2.75, 3.05) is 36.9 Å². The molecule has 0 amide bonds. The van der Waals surface area contributed by atoms with Gasteiger partial charge in [0, 0.05) is 42.7 Å². The zero-order valence-electron chi connectivity index (χ0n) is 15.3. The lowest BCUT2D eigenvalue weighted by Gasteiger charge is -2.39. The number of hydrogen-bond donors (Lipinski definition) is 3. The fourth-order valence-corrected chi connectivity index (χ4v) is 4.03. The first-order valence-corrected chi connectivity index (χ1v) is 9.34. The highest BCUT2D eigenvalue weighted by molar-refractivity contribution is 5.86. The lowest BCUT2D eigenvalue weighted by Crippen LogP contribution is -2.41. The first kappa shape index (κ1) is 17.9. The summed E-state index contributed by atoms with van der Waals surface area (Å²) in [6, 6.07) is 5.45. The first-order valence-electron chi connectivity index (χ1n) is 9.34. The van der Waals surface area contributed by atoms with Gasteiger partial charge >= 0.3 is 0 Å². The number of nitrogens with zero attached hydrogens (tertiary/aromatic N) is 3. The average molecular weight is 367 g/mol. The molecule has 0 saturated carbocycles. The number of hydrogen-bond acceptors (Lipinski definition) is 7. The third kappa shape index (κ3) is 3.40. The van der Waals surface area contributed by atoms with Crippen LogP contribution in [0.1, 0.15) is 30.5 Å². The summed E-state index contributed by atoms with van der Waals surface area (Å²) in [5, 5.41) is 17.2. The predicted octanol–water partition coefficient (Wildman–Crippen LogP) is 2.22. The van der Waals surface area contributed by atoms with E-state index in [0.29, 0.717) is 28.1 Å². The van der Waals surface area contributed by atoms with Gasteiger partial charge in [0.1, 0.15) is 5.69 Å². The van der Waals surface area contributed by atoms with Crippen LogP contribution in [0.15, 0.2) is 24.4 Å². The van der Waals surface area contributed by atoms with Crippen LogP contribution in [0.4, 0.5) is 11.5 Å². The summed E-state index contributed by atoms with van der Waals surface area (Å²) in [6.45, 7) is 3.40. The fraction of sp³-hybridized carbons (Fsp3) is 0.450. The van der Waals surface area contributed by atoms with E-state index >= 15 is 0 Å². The van der Waals surface area contributed by atoms with E-state index in [-0.39, 0.29) is 6.61 Å². The normalized spacial score (nSPS) is 18.8. The summed E-state index contributed by atoms with van der Waals surface area (Å²) in [5.74, 6) is 0.763. The number of anilines is 2. The number of ether oxygens (including phenoxy) is 1. The first-order chi connectivity index (χ1) is 13.1. The van der Waals surface area contributed by atoms with E-state index in [1.807, 2.05) is 6.07 Å². The van der Waals surface area contributed by atoms with Gasteiger partial charge in [0.25, 0.3) is 0 Å². The molecule has 0 bridgehead atoms. The van der Waals surface area contributed by atoms with Crippen LogP contribution in [0.5, 0.6) is 0 Å². The summed E-state index contributed by atoms with van der Waals surface area (Å²) in [5.41, 5.74) is 9.58. The SMILES string of the molecule is N=Cc1ccc(-c2cnc(N3CCC4(CCOC4)CC3)c(CO)n2)cc1N. The molecule has 2 saturated heterocycles. The third-order valence-electron chi connectivity index (χ3n) is 5.82. The molecular weight excluding hydrogens is 342 g/mol. The summed E-state index contributed by atoms with van der Waals surface area (Å²) in [6.07, 6.45) is 6.28. The summed E-state index contributed by atoms with van der Waals surface area (Å²) >= 11 is 0. The molecule has 1 spiro atoms. The van der Waals surface area contributed by atoms with Crippen LogP contribution in [0.2, 0.25) is 0 Å². The highest BCUT2D eigenvalue weighted by atomic mass is 16.5. The van der Waals surface area contributed by atoms with Crippen molar-refractivity contribution in [3.8, 4) is 11.3 Å². The van der Waals surface area contributed by atoms with Crippen LogP contribution in [-0.2, 0) is 11.3 Å². The van der Waals surface area contributed by atoms with Crippen molar-refractivity contribution in [1.29, 1.82) is 5.41 Å². The Bertz CT molecular complexity index is 838. The maximum absolute atomic E-state index is 9.86. The van der Waals surface area contributed by atoms with E-state index in [1.165, 1.54) is 6.21 Å². The van der Waals surface area contributed by atoms with Crippen molar-refractivity contribution in [3.63, 3.8) is 0 Å². The Labute approximate surface area is 158 Å². The zero-order chi connectivity index (χ0) is 18.9. The van der Waals surface area contributed by atoms with E-state index < -0.39 is 0 Å². The van der Waals surface area contributed by atoms with Crippen LogP contribution in [0, 0.1) is 10.8 Å². The fourth-order valence-electron chi connectivity index (χ4n) is 4.03. The Kier molecular flexibility index (Phi) is 4.80. The summed E-state index contributed by atoms with van der Waals surface area (Å²) in [4.78, 5) is 11.5. The van der Waals surface area contributed by atoms with Crippen molar-refractivity contribution in [1.82, 2.24) is 9.97 Å². The van der Waals surface area contributed by atoms with Gasteiger partial charge in [-0.2, -0.15) is 0 Å². The Morgan fingerprint density at radius 1 is 1.30 bits per heavy atom. The Morgan fingerprint density at radius 3 is 2.74 bits per heavy atom. The minimum absolute atomic E-state index is 0.158. The van der Waals surface area contributed by atoms with Gasteiger partial charge in [-0.25, -0.2) is 9.97 Å². The van der Waals surface area contributed by atoms with Gasteiger partial charge in [0.2, 0.25) is 0 Å². The Hall–Kier alpha value is -2.51. The number of nitrogen functional groups attached to an aromatic ring is 1. The molecule has 2 aliphatic rings. The molecule has 2 aliphatic heterocycles. The second-order valence-electron chi connectivity index (χ2n) is 7.46. The molecule has 0 radical (unpaired) electrons. The van der Waals surface area contributed by atoms with Crippen molar-refractivity contribution in [3.05, 3.63) is 35.7 Å².